The van der Waals surface area contributed by atoms with E-state index in [2.05, 4.69) is 22.8 Å². The number of nitrogens with one attached hydrogen (secondary N) is 2. The van der Waals surface area contributed by atoms with Crippen LogP contribution in [0, 0.1) is 0 Å². The number of methoxy groups -OCH3 is 2. The Hall–Kier alpha value is -4.75. The lowest BCUT2D eigenvalue weighted by Gasteiger charge is -2.37. The van der Waals surface area contributed by atoms with Gasteiger partial charge in [-0.2, -0.15) is 0 Å². The summed E-state index contributed by atoms with van der Waals surface area (Å²) in [5.74, 6) is -1.65. The van der Waals surface area contributed by atoms with Gasteiger partial charge < -0.3 is 14.8 Å². The predicted molar refractivity (Wildman–Crippen MR) is 156 cm³/mol. The summed E-state index contributed by atoms with van der Waals surface area (Å²) in [6.07, 6.45) is -0.0137. The summed E-state index contributed by atoms with van der Waals surface area (Å²) in [6, 6.07) is 33.3. The Balaban J connectivity index is 1.58. The highest BCUT2D eigenvalue weighted by molar-refractivity contribution is 5.91. The van der Waals surface area contributed by atoms with Gasteiger partial charge >= 0.3 is 11.9 Å². The number of fused-ring (bicyclic) bond motifs is 3. The molecular weight excluding hydrogens is 516 g/mol. The molecule has 0 saturated heterocycles. The Labute approximate surface area is 239 Å². The van der Waals surface area contributed by atoms with Crippen molar-refractivity contribution in [1.82, 2.24) is 10.6 Å². The Morgan fingerprint density at radius 1 is 0.683 bits per heavy atom. The van der Waals surface area contributed by atoms with Crippen molar-refractivity contribution >= 4 is 17.8 Å². The maximum Gasteiger partial charge on any atom is 0.328 e. The van der Waals surface area contributed by atoms with Crippen molar-refractivity contribution < 1.29 is 23.9 Å². The highest BCUT2D eigenvalue weighted by Gasteiger charge is 2.47. The van der Waals surface area contributed by atoms with Crippen LogP contribution >= 0.6 is 0 Å². The quantitative estimate of drug-likeness (QED) is 0.286. The van der Waals surface area contributed by atoms with Crippen LogP contribution in [0.2, 0.25) is 0 Å². The van der Waals surface area contributed by atoms with Crippen LogP contribution in [0.1, 0.15) is 28.7 Å². The molecule has 0 fully saturated rings. The Kier molecular flexibility index (Phi) is 8.26. The molecule has 4 aromatic rings. The van der Waals surface area contributed by atoms with Crippen LogP contribution in [0.15, 0.2) is 109 Å². The van der Waals surface area contributed by atoms with Crippen LogP contribution in [-0.4, -0.2) is 44.1 Å². The maximum absolute atomic E-state index is 14.0. The standard InChI is InChI=1S/C34H32N2O5/c1-40-31(37)22-29(32(38)35-30(33(39)41-2)21-23-13-5-3-6-14-23)36-34(24-15-7-4-8-16-24)27-19-11-9-17-25(27)26-18-10-12-20-28(26)34/h3-20,29-30,36H,21-22H2,1-2H3,(H,35,38)/t29-,30-/m0/s1. The lowest BCUT2D eigenvalue weighted by Crippen LogP contribution is -2.57. The van der Waals surface area contributed by atoms with Gasteiger partial charge in [0.25, 0.3) is 0 Å². The zero-order valence-electron chi connectivity index (χ0n) is 23.0. The van der Waals surface area contributed by atoms with Gasteiger partial charge in [-0.1, -0.05) is 109 Å². The molecule has 1 aliphatic rings. The number of hydrogen-bond donors (Lipinski definition) is 2. The molecule has 0 saturated carbocycles. The van der Waals surface area contributed by atoms with Crippen molar-refractivity contribution in [3.05, 3.63) is 131 Å². The SMILES string of the molecule is COC(=O)C[C@H](NC1(c2ccccc2)c2ccccc2-c2ccccc21)C(=O)N[C@@H](Cc1ccccc1)C(=O)OC. The number of carbonyl (C=O) groups excluding carboxylic acids is 3. The molecule has 7 nitrogen and oxygen atoms in total. The number of hydrogen-bond acceptors (Lipinski definition) is 6. The summed E-state index contributed by atoms with van der Waals surface area (Å²) in [4.78, 5) is 39.4. The summed E-state index contributed by atoms with van der Waals surface area (Å²) >= 11 is 0. The van der Waals surface area contributed by atoms with Crippen LogP contribution in [0.3, 0.4) is 0 Å². The highest BCUT2D eigenvalue weighted by atomic mass is 16.5. The van der Waals surface area contributed by atoms with Gasteiger partial charge in [0.2, 0.25) is 5.91 Å². The molecule has 0 heterocycles. The molecule has 5 rings (SSSR count). The van der Waals surface area contributed by atoms with E-state index in [9.17, 15) is 14.4 Å². The number of amides is 1. The van der Waals surface area contributed by atoms with Crippen molar-refractivity contribution in [3.63, 3.8) is 0 Å². The minimum Gasteiger partial charge on any atom is -0.469 e. The van der Waals surface area contributed by atoms with Crippen LogP contribution in [0.4, 0.5) is 0 Å². The molecule has 208 valence electrons. The summed E-state index contributed by atoms with van der Waals surface area (Å²) in [5, 5.41) is 6.44. The lowest BCUT2D eigenvalue weighted by atomic mass is 9.79. The molecule has 0 aliphatic heterocycles. The molecule has 41 heavy (non-hydrogen) atoms. The number of esters is 2. The smallest absolute Gasteiger partial charge is 0.328 e. The van der Waals surface area contributed by atoms with E-state index in [1.165, 1.54) is 14.2 Å². The molecule has 0 spiro atoms. The van der Waals surface area contributed by atoms with Gasteiger partial charge in [0.1, 0.15) is 6.04 Å². The number of carbonyl (C=O) groups is 3. The molecule has 2 N–H and O–H groups in total. The van der Waals surface area contributed by atoms with Crippen LogP contribution in [0.5, 0.6) is 0 Å². The van der Waals surface area contributed by atoms with Gasteiger partial charge in [-0.3, -0.25) is 14.9 Å². The first kappa shape index (κ1) is 27.8. The average Bonchev–Trinajstić information content (AvgIpc) is 3.31. The number of benzene rings is 4. The van der Waals surface area contributed by atoms with Gasteiger partial charge in [-0.05, 0) is 33.4 Å². The van der Waals surface area contributed by atoms with E-state index in [-0.39, 0.29) is 12.8 Å². The number of ether oxygens (including phenoxy) is 2. The molecule has 0 unspecified atom stereocenters. The fourth-order valence-electron chi connectivity index (χ4n) is 5.65. The van der Waals surface area contributed by atoms with Gasteiger partial charge in [0, 0.05) is 6.42 Å². The van der Waals surface area contributed by atoms with E-state index in [0.717, 1.165) is 33.4 Å². The molecule has 0 bridgehead atoms. The van der Waals surface area contributed by atoms with Crippen molar-refractivity contribution in [2.75, 3.05) is 14.2 Å². The van der Waals surface area contributed by atoms with Gasteiger partial charge in [0.15, 0.2) is 0 Å². The first-order chi connectivity index (χ1) is 20.0. The normalized spacial score (nSPS) is 14.2. The molecule has 4 aromatic carbocycles. The van der Waals surface area contributed by atoms with Crippen molar-refractivity contribution in [2.45, 2.75) is 30.5 Å². The second-order valence-corrected chi connectivity index (χ2v) is 9.96. The maximum atomic E-state index is 14.0. The van der Waals surface area contributed by atoms with Gasteiger partial charge in [-0.15, -0.1) is 0 Å². The molecule has 0 aromatic heterocycles. The predicted octanol–water partition coefficient (Wildman–Crippen LogP) is 4.38. The molecule has 2 atom stereocenters. The monoisotopic (exact) mass is 548 g/mol. The van der Waals surface area contributed by atoms with Crippen LogP contribution < -0.4 is 10.6 Å². The first-order valence-electron chi connectivity index (χ1n) is 13.5. The minimum atomic E-state index is -1.05. The Bertz CT molecular complexity index is 1490. The molecule has 1 aliphatic carbocycles. The van der Waals surface area contributed by atoms with E-state index in [1.54, 1.807) is 0 Å². The van der Waals surface area contributed by atoms with Crippen molar-refractivity contribution in [1.29, 1.82) is 0 Å². The van der Waals surface area contributed by atoms with E-state index in [0.29, 0.717) is 0 Å². The summed E-state index contributed by atoms with van der Waals surface area (Å²) in [7, 11) is 2.57. The molecule has 0 radical (unpaired) electrons. The zero-order valence-corrected chi connectivity index (χ0v) is 23.0. The number of rotatable bonds is 10. The molecular formula is C34H32N2O5. The summed E-state index contributed by atoms with van der Waals surface area (Å²) < 4.78 is 10.0. The fraction of sp³-hybridized carbons (Fsp3) is 0.206. The van der Waals surface area contributed by atoms with Crippen molar-refractivity contribution in [2.24, 2.45) is 0 Å². The lowest BCUT2D eigenvalue weighted by molar-refractivity contribution is -0.146. The Morgan fingerprint density at radius 3 is 1.78 bits per heavy atom. The van der Waals surface area contributed by atoms with E-state index >= 15 is 0 Å². The third-order valence-corrected chi connectivity index (χ3v) is 7.55. The molecule has 1 amide bonds. The third kappa shape index (κ3) is 5.49. The van der Waals surface area contributed by atoms with Crippen molar-refractivity contribution in [3.8, 4) is 11.1 Å². The zero-order chi connectivity index (χ0) is 28.8. The van der Waals surface area contributed by atoms with Crippen LogP contribution in [-0.2, 0) is 35.8 Å². The fourth-order valence-corrected chi connectivity index (χ4v) is 5.65. The Morgan fingerprint density at radius 2 is 1.22 bits per heavy atom. The van der Waals surface area contributed by atoms with Crippen LogP contribution in [0.25, 0.3) is 11.1 Å². The third-order valence-electron chi connectivity index (χ3n) is 7.55. The summed E-state index contributed by atoms with van der Waals surface area (Å²) in [6.45, 7) is 0. The largest absolute Gasteiger partial charge is 0.469 e. The first-order valence-corrected chi connectivity index (χ1v) is 13.5. The average molecular weight is 549 g/mol. The second-order valence-electron chi connectivity index (χ2n) is 9.96. The van der Waals surface area contributed by atoms with E-state index < -0.39 is 35.5 Å². The highest BCUT2D eigenvalue weighted by Crippen LogP contribution is 2.51. The van der Waals surface area contributed by atoms with E-state index in [4.69, 9.17) is 9.47 Å². The molecule has 7 heteroatoms. The topological polar surface area (TPSA) is 93.7 Å². The summed E-state index contributed by atoms with van der Waals surface area (Å²) in [5.41, 5.74) is 4.81. The van der Waals surface area contributed by atoms with E-state index in [1.807, 2.05) is 97.1 Å². The minimum absolute atomic E-state index is 0.236. The van der Waals surface area contributed by atoms with Gasteiger partial charge in [-0.25, -0.2) is 4.79 Å². The van der Waals surface area contributed by atoms with Gasteiger partial charge in [0.05, 0.1) is 32.2 Å². The second kappa shape index (κ2) is 12.2.